The SMILES string of the molecule is CCN1CCN(C(=O)N(CC)Cc2ccccc2)CC1. The van der Waals surface area contributed by atoms with Crippen molar-refractivity contribution in [3.05, 3.63) is 35.9 Å². The highest BCUT2D eigenvalue weighted by molar-refractivity contribution is 5.74. The number of likely N-dealkylation sites (N-methyl/N-ethyl adjacent to an activating group) is 1. The van der Waals surface area contributed by atoms with Crippen LogP contribution >= 0.6 is 0 Å². The maximum atomic E-state index is 12.6. The first-order valence-corrected chi connectivity index (χ1v) is 7.54. The first kappa shape index (κ1) is 14.9. The number of hydrogen-bond acceptors (Lipinski definition) is 2. The van der Waals surface area contributed by atoms with Crippen molar-refractivity contribution in [2.45, 2.75) is 20.4 Å². The molecule has 0 saturated carbocycles. The molecule has 20 heavy (non-hydrogen) atoms. The number of hydrogen-bond donors (Lipinski definition) is 0. The van der Waals surface area contributed by atoms with Crippen LogP contribution in [0.1, 0.15) is 19.4 Å². The molecule has 0 bridgehead atoms. The second-order valence-corrected chi connectivity index (χ2v) is 5.20. The normalized spacial score (nSPS) is 16.2. The molecule has 0 unspecified atom stereocenters. The Morgan fingerprint density at radius 3 is 2.30 bits per heavy atom. The molecule has 110 valence electrons. The molecule has 0 radical (unpaired) electrons. The van der Waals surface area contributed by atoms with Gasteiger partial charge >= 0.3 is 6.03 Å². The Kier molecular flexibility index (Phi) is 5.41. The van der Waals surface area contributed by atoms with E-state index in [1.165, 1.54) is 5.56 Å². The van der Waals surface area contributed by atoms with Crippen LogP contribution in [0.25, 0.3) is 0 Å². The molecular formula is C16H25N3O. The Balaban J connectivity index is 1.92. The van der Waals surface area contributed by atoms with Crippen LogP contribution in [0.5, 0.6) is 0 Å². The Labute approximate surface area is 122 Å². The average molecular weight is 275 g/mol. The summed E-state index contributed by atoms with van der Waals surface area (Å²) in [5, 5.41) is 0. The molecule has 2 rings (SSSR count). The van der Waals surface area contributed by atoms with E-state index in [0.29, 0.717) is 6.54 Å². The lowest BCUT2D eigenvalue weighted by Gasteiger charge is -2.37. The molecule has 1 aliphatic heterocycles. The number of rotatable bonds is 4. The van der Waals surface area contributed by atoms with Gasteiger partial charge in [-0.2, -0.15) is 0 Å². The second-order valence-electron chi connectivity index (χ2n) is 5.20. The van der Waals surface area contributed by atoms with E-state index in [9.17, 15) is 4.79 Å². The molecule has 1 saturated heterocycles. The van der Waals surface area contributed by atoms with Gasteiger partial charge in [-0.15, -0.1) is 0 Å². The van der Waals surface area contributed by atoms with Gasteiger partial charge in [0.15, 0.2) is 0 Å². The van der Waals surface area contributed by atoms with Crippen LogP contribution in [0.2, 0.25) is 0 Å². The van der Waals surface area contributed by atoms with Crippen molar-refractivity contribution in [1.82, 2.24) is 14.7 Å². The number of urea groups is 1. The number of amides is 2. The first-order valence-electron chi connectivity index (χ1n) is 7.54. The topological polar surface area (TPSA) is 26.8 Å². The fourth-order valence-corrected chi connectivity index (χ4v) is 2.57. The number of carbonyl (C=O) groups is 1. The lowest BCUT2D eigenvalue weighted by Crippen LogP contribution is -2.52. The highest BCUT2D eigenvalue weighted by Gasteiger charge is 2.23. The van der Waals surface area contributed by atoms with Crippen LogP contribution < -0.4 is 0 Å². The molecule has 4 heteroatoms. The zero-order chi connectivity index (χ0) is 14.4. The number of benzene rings is 1. The van der Waals surface area contributed by atoms with Crippen LogP contribution in [0, 0.1) is 0 Å². The summed E-state index contributed by atoms with van der Waals surface area (Å²) in [7, 11) is 0. The van der Waals surface area contributed by atoms with Crippen molar-refractivity contribution >= 4 is 6.03 Å². The fourth-order valence-electron chi connectivity index (χ4n) is 2.57. The third-order valence-corrected chi connectivity index (χ3v) is 3.96. The van der Waals surface area contributed by atoms with Gasteiger partial charge in [0.1, 0.15) is 0 Å². The monoisotopic (exact) mass is 275 g/mol. The molecule has 0 aromatic heterocycles. The molecule has 4 nitrogen and oxygen atoms in total. The Morgan fingerprint density at radius 2 is 1.75 bits per heavy atom. The molecule has 0 atom stereocenters. The summed E-state index contributed by atoms with van der Waals surface area (Å²) >= 11 is 0. The minimum absolute atomic E-state index is 0.173. The maximum Gasteiger partial charge on any atom is 0.320 e. The van der Waals surface area contributed by atoms with E-state index in [2.05, 4.69) is 24.0 Å². The van der Waals surface area contributed by atoms with Crippen molar-refractivity contribution in [3.63, 3.8) is 0 Å². The van der Waals surface area contributed by atoms with E-state index in [1.54, 1.807) is 0 Å². The van der Waals surface area contributed by atoms with Crippen LogP contribution in [-0.4, -0.2) is 60.0 Å². The van der Waals surface area contributed by atoms with Crippen LogP contribution in [0.4, 0.5) is 4.79 Å². The molecule has 2 amide bonds. The molecule has 1 aromatic carbocycles. The highest BCUT2D eigenvalue weighted by Crippen LogP contribution is 2.10. The molecule has 1 fully saturated rings. The van der Waals surface area contributed by atoms with Crippen LogP contribution in [-0.2, 0) is 6.54 Å². The summed E-state index contributed by atoms with van der Waals surface area (Å²) in [4.78, 5) is 18.9. The van der Waals surface area contributed by atoms with Crippen molar-refractivity contribution < 1.29 is 4.79 Å². The van der Waals surface area contributed by atoms with E-state index >= 15 is 0 Å². The minimum atomic E-state index is 0.173. The summed E-state index contributed by atoms with van der Waals surface area (Å²) in [6.45, 7) is 10.4. The molecule has 1 aliphatic rings. The molecule has 1 aromatic rings. The van der Waals surface area contributed by atoms with E-state index in [1.807, 2.05) is 34.9 Å². The standard InChI is InChI=1S/C16H25N3O/c1-3-17-10-12-19(13-11-17)16(20)18(4-2)14-15-8-6-5-7-9-15/h5-9H,3-4,10-14H2,1-2H3. The summed E-state index contributed by atoms with van der Waals surface area (Å²) in [5.41, 5.74) is 1.19. The van der Waals surface area contributed by atoms with Gasteiger partial charge in [0.05, 0.1) is 0 Å². The molecular weight excluding hydrogens is 250 g/mol. The van der Waals surface area contributed by atoms with Gasteiger partial charge in [0.2, 0.25) is 0 Å². The minimum Gasteiger partial charge on any atom is -0.322 e. The fraction of sp³-hybridized carbons (Fsp3) is 0.562. The van der Waals surface area contributed by atoms with Gasteiger partial charge in [-0.05, 0) is 19.0 Å². The lowest BCUT2D eigenvalue weighted by molar-refractivity contribution is 0.114. The molecule has 0 N–H and O–H groups in total. The third kappa shape index (κ3) is 3.73. The van der Waals surface area contributed by atoms with E-state index in [-0.39, 0.29) is 6.03 Å². The largest absolute Gasteiger partial charge is 0.322 e. The second kappa shape index (κ2) is 7.29. The Bertz CT molecular complexity index is 413. The van der Waals surface area contributed by atoms with Gasteiger partial charge < -0.3 is 14.7 Å². The first-order chi connectivity index (χ1) is 9.74. The van der Waals surface area contributed by atoms with Gasteiger partial charge in [0.25, 0.3) is 0 Å². The smallest absolute Gasteiger partial charge is 0.320 e. The van der Waals surface area contributed by atoms with Crippen LogP contribution in [0.15, 0.2) is 30.3 Å². The Hall–Kier alpha value is -1.55. The molecule has 0 aliphatic carbocycles. The number of piperazine rings is 1. The predicted molar refractivity (Wildman–Crippen MR) is 81.6 cm³/mol. The quantitative estimate of drug-likeness (QED) is 0.843. The van der Waals surface area contributed by atoms with Crippen LogP contribution in [0.3, 0.4) is 0 Å². The molecule has 0 spiro atoms. The zero-order valence-corrected chi connectivity index (χ0v) is 12.6. The summed E-state index contributed by atoms with van der Waals surface area (Å²) in [6.07, 6.45) is 0. The number of nitrogens with zero attached hydrogens (tertiary/aromatic N) is 3. The number of carbonyl (C=O) groups excluding carboxylic acids is 1. The Morgan fingerprint density at radius 1 is 1.10 bits per heavy atom. The highest BCUT2D eigenvalue weighted by atomic mass is 16.2. The summed E-state index contributed by atoms with van der Waals surface area (Å²) in [6, 6.07) is 10.4. The summed E-state index contributed by atoms with van der Waals surface area (Å²) < 4.78 is 0. The van der Waals surface area contributed by atoms with E-state index in [0.717, 1.165) is 39.3 Å². The molecule has 1 heterocycles. The van der Waals surface area contributed by atoms with Gasteiger partial charge in [-0.25, -0.2) is 4.79 Å². The lowest BCUT2D eigenvalue weighted by atomic mass is 10.2. The average Bonchev–Trinajstić information content (AvgIpc) is 2.53. The maximum absolute atomic E-state index is 12.6. The van der Waals surface area contributed by atoms with Crippen molar-refractivity contribution in [2.24, 2.45) is 0 Å². The predicted octanol–water partition coefficient (Wildman–Crippen LogP) is 2.27. The van der Waals surface area contributed by atoms with Gasteiger partial charge in [-0.1, -0.05) is 37.3 Å². The van der Waals surface area contributed by atoms with Gasteiger partial charge in [0, 0.05) is 39.3 Å². The van der Waals surface area contributed by atoms with Crippen molar-refractivity contribution in [3.8, 4) is 0 Å². The third-order valence-electron chi connectivity index (χ3n) is 3.96. The van der Waals surface area contributed by atoms with E-state index < -0.39 is 0 Å². The van der Waals surface area contributed by atoms with E-state index in [4.69, 9.17) is 0 Å². The summed E-state index contributed by atoms with van der Waals surface area (Å²) in [5.74, 6) is 0. The zero-order valence-electron chi connectivity index (χ0n) is 12.6. The van der Waals surface area contributed by atoms with Crippen molar-refractivity contribution in [1.29, 1.82) is 0 Å². The van der Waals surface area contributed by atoms with Crippen molar-refractivity contribution in [2.75, 3.05) is 39.3 Å². The van der Waals surface area contributed by atoms with Gasteiger partial charge in [-0.3, -0.25) is 0 Å².